The third-order valence-corrected chi connectivity index (χ3v) is 7.57. The van der Waals surface area contributed by atoms with Gasteiger partial charge in [-0.1, -0.05) is 48.5 Å². The number of amides is 1. The van der Waals surface area contributed by atoms with Crippen LogP contribution in [0.5, 0.6) is 5.75 Å². The highest BCUT2D eigenvalue weighted by molar-refractivity contribution is 7.89. The number of ether oxygens (including phenoxy) is 1. The maximum Gasteiger partial charge on any atom is 0.255 e. The summed E-state index contributed by atoms with van der Waals surface area (Å²) in [4.78, 5) is 15.0. The number of hydrogen-bond acceptors (Lipinski definition) is 5. The van der Waals surface area contributed by atoms with Crippen LogP contribution >= 0.6 is 0 Å². The Bertz CT molecular complexity index is 1190. The highest BCUT2D eigenvalue weighted by atomic mass is 32.2. The van der Waals surface area contributed by atoms with Gasteiger partial charge in [-0.05, 0) is 35.9 Å². The Balaban J connectivity index is 1.47. The minimum atomic E-state index is -3.71. The van der Waals surface area contributed by atoms with Crippen LogP contribution in [0.4, 0.5) is 5.69 Å². The van der Waals surface area contributed by atoms with Gasteiger partial charge in [-0.3, -0.25) is 9.69 Å². The van der Waals surface area contributed by atoms with Crippen molar-refractivity contribution < 1.29 is 17.9 Å². The maximum absolute atomic E-state index is 13.3. The highest BCUT2D eigenvalue weighted by Gasteiger charge is 2.29. The third-order valence-electron chi connectivity index (χ3n) is 5.67. The van der Waals surface area contributed by atoms with Gasteiger partial charge in [0.15, 0.2) is 0 Å². The van der Waals surface area contributed by atoms with E-state index < -0.39 is 10.0 Å². The van der Waals surface area contributed by atoms with Crippen molar-refractivity contribution in [2.75, 3.05) is 38.6 Å². The van der Waals surface area contributed by atoms with Crippen molar-refractivity contribution >= 4 is 21.6 Å². The van der Waals surface area contributed by atoms with E-state index in [1.165, 1.54) is 29.1 Å². The van der Waals surface area contributed by atoms with Gasteiger partial charge in [0, 0.05) is 38.3 Å². The van der Waals surface area contributed by atoms with Crippen molar-refractivity contribution in [3.8, 4) is 5.75 Å². The molecule has 0 aromatic heterocycles. The van der Waals surface area contributed by atoms with Crippen LogP contribution in [0.3, 0.4) is 0 Å². The van der Waals surface area contributed by atoms with Gasteiger partial charge in [0.1, 0.15) is 5.75 Å². The van der Waals surface area contributed by atoms with E-state index in [-0.39, 0.29) is 10.8 Å². The molecule has 0 unspecified atom stereocenters. The molecule has 33 heavy (non-hydrogen) atoms. The van der Waals surface area contributed by atoms with E-state index >= 15 is 0 Å². The molecule has 1 N–H and O–H groups in total. The topological polar surface area (TPSA) is 79.0 Å². The SMILES string of the molecule is COc1ccc(S(=O)(=O)N2CCN(Cc3ccccc3)CC2)cc1NC(=O)c1ccccc1. The first kappa shape index (κ1) is 23.0. The molecule has 1 heterocycles. The zero-order valence-corrected chi connectivity index (χ0v) is 19.3. The second-order valence-corrected chi connectivity index (χ2v) is 9.79. The fourth-order valence-electron chi connectivity index (χ4n) is 3.85. The van der Waals surface area contributed by atoms with Gasteiger partial charge in [-0.15, -0.1) is 0 Å². The van der Waals surface area contributed by atoms with E-state index in [0.29, 0.717) is 43.2 Å². The maximum atomic E-state index is 13.3. The quantitative estimate of drug-likeness (QED) is 0.578. The van der Waals surface area contributed by atoms with Crippen LogP contribution in [-0.4, -0.2) is 56.8 Å². The van der Waals surface area contributed by atoms with Crippen LogP contribution in [0, 0.1) is 0 Å². The van der Waals surface area contributed by atoms with Gasteiger partial charge in [0.05, 0.1) is 17.7 Å². The number of rotatable bonds is 7. The first-order chi connectivity index (χ1) is 16.0. The Hall–Kier alpha value is -3.20. The summed E-state index contributed by atoms with van der Waals surface area (Å²) < 4.78 is 33.5. The standard InChI is InChI=1S/C25H27N3O4S/c1-32-24-13-12-22(18-23(24)26-25(29)21-10-6-3-7-11-21)33(30,31)28-16-14-27(15-17-28)19-20-8-4-2-5-9-20/h2-13,18H,14-17,19H2,1H3,(H,26,29). The van der Waals surface area contributed by atoms with Gasteiger partial charge in [0.2, 0.25) is 10.0 Å². The number of nitrogens with one attached hydrogen (secondary N) is 1. The fraction of sp³-hybridized carbons (Fsp3) is 0.240. The summed E-state index contributed by atoms with van der Waals surface area (Å²) in [6.45, 7) is 2.93. The molecule has 1 amide bonds. The van der Waals surface area contributed by atoms with Crippen LogP contribution in [0.25, 0.3) is 0 Å². The minimum Gasteiger partial charge on any atom is -0.495 e. The van der Waals surface area contributed by atoms with Gasteiger partial charge < -0.3 is 10.1 Å². The molecule has 1 fully saturated rings. The second-order valence-electron chi connectivity index (χ2n) is 7.85. The van der Waals surface area contributed by atoms with Crippen molar-refractivity contribution in [2.45, 2.75) is 11.4 Å². The van der Waals surface area contributed by atoms with Gasteiger partial charge >= 0.3 is 0 Å². The largest absolute Gasteiger partial charge is 0.495 e. The molecule has 0 atom stereocenters. The van der Waals surface area contributed by atoms with Gasteiger partial charge in [-0.2, -0.15) is 4.31 Å². The Morgan fingerprint density at radius 1 is 0.909 bits per heavy atom. The van der Waals surface area contributed by atoms with Crippen LogP contribution < -0.4 is 10.1 Å². The van der Waals surface area contributed by atoms with Crippen LogP contribution in [-0.2, 0) is 16.6 Å². The predicted octanol–water partition coefficient (Wildman–Crippen LogP) is 3.45. The molecule has 0 aliphatic carbocycles. The van der Waals surface area contributed by atoms with Crippen molar-refractivity contribution in [3.63, 3.8) is 0 Å². The Kier molecular flexibility index (Phi) is 7.08. The van der Waals surface area contributed by atoms with Gasteiger partial charge in [-0.25, -0.2) is 8.42 Å². The minimum absolute atomic E-state index is 0.128. The number of nitrogens with zero attached hydrogens (tertiary/aromatic N) is 2. The smallest absolute Gasteiger partial charge is 0.255 e. The summed E-state index contributed by atoms with van der Waals surface area (Å²) in [6, 6.07) is 23.4. The Morgan fingerprint density at radius 2 is 1.55 bits per heavy atom. The summed E-state index contributed by atoms with van der Waals surface area (Å²) in [6.07, 6.45) is 0. The monoisotopic (exact) mass is 465 g/mol. The predicted molar refractivity (Wildman–Crippen MR) is 128 cm³/mol. The van der Waals surface area contributed by atoms with E-state index in [0.717, 1.165) is 6.54 Å². The van der Waals surface area contributed by atoms with Crippen molar-refractivity contribution in [3.05, 3.63) is 90.0 Å². The Labute approximate surface area is 194 Å². The molecule has 4 rings (SSSR count). The summed E-state index contributed by atoms with van der Waals surface area (Å²) >= 11 is 0. The summed E-state index contributed by atoms with van der Waals surface area (Å²) in [7, 11) is -2.23. The van der Waals surface area contributed by atoms with Crippen LogP contribution in [0.1, 0.15) is 15.9 Å². The third kappa shape index (κ3) is 5.42. The fourth-order valence-corrected chi connectivity index (χ4v) is 5.30. The lowest BCUT2D eigenvalue weighted by molar-refractivity contribution is 0.102. The first-order valence-electron chi connectivity index (χ1n) is 10.8. The molecule has 3 aromatic carbocycles. The number of carbonyl (C=O) groups is 1. The zero-order valence-electron chi connectivity index (χ0n) is 18.5. The van der Waals surface area contributed by atoms with E-state index in [2.05, 4.69) is 22.3 Å². The molecule has 1 aliphatic heterocycles. The molecule has 172 valence electrons. The van der Waals surface area contributed by atoms with E-state index in [9.17, 15) is 13.2 Å². The molecular weight excluding hydrogens is 438 g/mol. The van der Waals surface area contributed by atoms with Crippen molar-refractivity contribution in [2.24, 2.45) is 0 Å². The Morgan fingerprint density at radius 3 is 2.18 bits per heavy atom. The molecule has 0 bridgehead atoms. The van der Waals surface area contributed by atoms with Gasteiger partial charge in [0.25, 0.3) is 5.91 Å². The number of benzene rings is 3. The average molecular weight is 466 g/mol. The number of carbonyl (C=O) groups excluding carboxylic acids is 1. The van der Waals surface area contributed by atoms with Crippen LogP contribution in [0.15, 0.2) is 83.8 Å². The van der Waals surface area contributed by atoms with Crippen molar-refractivity contribution in [1.29, 1.82) is 0 Å². The summed E-state index contributed by atoms with van der Waals surface area (Å²) in [5.74, 6) is 0.0592. The molecule has 3 aromatic rings. The number of anilines is 1. The number of methoxy groups -OCH3 is 1. The molecule has 1 aliphatic rings. The lowest BCUT2D eigenvalue weighted by Crippen LogP contribution is -2.48. The first-order valence-corrected chi connectivity index (χ1v) is 12.2. The molecule has 8 heteroatoms. The van der Waals surface area contributed by atoms with E-state index in [1.54, 1.807) is 30.3 Å². The van der Waals surface area contributed by atoms with Crippen LogP contribution in [0.2, 0.25) is 0 Å². The highest BCUT2D eigenvalue weighted by Crippen LogP contribution is 2.30. The number of piperazine rings is 1. The lowest BCUT2D eigenvalue weighted by atomic mass is 10.2. The summed E-state index contributed by atoms with van der Waals surface area (Å²) in [5.41, 5.74) is 2.00. The molecule has 0 radical (unpaired) electrons. The molecule has 1 saturated heterocycles. The average Bonchev–Trinajstić information content (AvgIpc) is 2.85. The molecule has 7 nitrogen and oxygen atoms in total. The number of sulfonamides is 1. The number of hydrogen-bond donors (Lipinski definition) is 1. The molecular formula is C25H27N3O4S. The summed E-state index contributed by atoms with van der Waals surface area (Å²) in [5, 5.41) is 2.77. The molecule has 0 saturated carbocycles. The van der Waals surface area contributed by atoms with E-state index in [1.807, 2.05) is 24.3 Å². The second kappa shape index (κ2) is 10.2. The molecule has 0 spiro atoms. The lowest BCUT2D eigenvalue weighted by Gasteiger charge is -2.34. The van der Waals surface area contributed by atoms with E-state index in [4.69, 9.17) is 4.74 Å². The van der Waals surface area contributed by atoms with Crippen molar-refractivity contribution in [1.82, 2.24) is 9.21 Å². The normalized spacial score (nSPS) is 15.2. The zero-order chi connectivity index (χ0) is 23.3.